The maximum atomic E-state index is 10.9. The number of hydrogen-bond donors (Lipinski definition) is 1. The van der Waals surface area contributed by atoms with Crippen LogP contribution in [0.5, 0.6) is 11.5 Å². The molecule has 0 aliphatic heterocycles. The SMILES string of the molecule is COc1ccc(OCCSCc2cccc(C(=O)O)c2)cc1. The van der Waals surface area contributed by atoms with Crippen LogP contribution >= 0.6 is 11.8 Å². The van der Waals surface area contributed by atoms with Crippen molar-refractivity contribution in [2.75, 3.05) is 19.5 Å². The van der Waals surface area contributed by atoms with Gasteiger partial charge in [-0.1, -0.05) is 12.1 Å². The van der Waals surface area contributed by atoms with Crippen LogP contribution in [0.1, 0.15) is 15.9 Å². The largest absolute Gasteiger partial charge is 0.497 e. The lowest BCUT2D eigenvalue weighted by Gasteiger charge is -2.07. The van der Waals surface area contributed by atoms with Crippen molar-refractivity contribution in [1.29, 1.82) is 0 Å². The van der Waals surface area contributed by atoms with Crippen LogP contribution in [-0.4, -0.2) is 30.5 Å². The van der Waals surface area contributed by atoms with Gasteiger partial charge in [0.1, 0.15) is 11.5 Å². The molecule has 2 aromatic rings. The summed E-state index contributed by atoms with van der Waals surface area (Å²) in [4.78, 5) is 10.9. The molecule has 2 aromatic carbocycles. The Hall–Kier alpha value is -2.14. The number of methoxy groups -OCH3 is 1. The van der Waals surface area contributed by atoms with Crippen molar-refractivity contribution in [3.63, 3.8) is 0 Å². The van der Waals surface area contributed by atoms with Crippen LogP contribution < -0.4 is 9.47 Å². The predicted octanol–water partition coefficient (Wildman–Crippen LogP) is 3.71. The first-order chi connectivity index (χ1) is 10.7. The zero-order valence-corrected chi connectivity index (χ0v) is 13.1. The first-order valence-electron chi connectivity index (χ1n) is 6.86. The molecule has 22 heavy (non-hydrogen) atoms. The number of carboxylic acid groups (broad SMARTS) is 1. The number of carboxylic acids is 1. The van der Waals surface area contributed by atoms with E-state index in [0.29, 0.717) is 12.2 Å². The molecule has 2 rings (SSSR count). The lowest BCUT2D eigenvalue weighted by Crippen LogP contribution is -2.01. The fourth-order valence-electron chi connectivity index (χ4n) is 1.87. The van der Waals surface area contributed by atoms with Gasteiger partial charge in [0.25, 0.3) is 0 Å². The third-order valence-electron chi connectivity index (χ3n) is 3.00. The minimum atomic E-state index is -0.894. The van der Waals surface area contributed by atoms with Crippen LogP contribution in [0.2, 0.25) is 0 Å². The molecule has 4 nitrogen and oxygen atoms in total. The van der Waals surface area contributed by atoms with Gasteiger partial charge in [-0.25, -0.2) is 4.79 Å². The van der Waals surface area contributed by atoms with Gasteiger partial charge in [0, 0.05) is 11.5 Å². The number of thioether (sulfide) groups is 1. The van der Waals surface area contributed by atoms with Crippen LogP contribution in [-0.2, 0) is 5.75 Å². The van der Waals surface area contributed by atoms with Crippen molar-refractivity contribution in [3.05, 3.63) is 59.7 Å². The minimum absolute atomic E-state index is 0.326. The lowest BCUT2D eigenvalue weighted by molar-refractivity contribution is 0.0697. The third-order valence-corrected chi connectivity index (χ3v) is 3.99. The first kappa shape index (κ1) is 16.2. The molecule has 0 unspecified atom stereocenters. The van der Waals surface area contributed by atoms with Crippen LogP contribution in [0.25, 0.3) is 0 Å². The van der Waals surface area contributed by atoms with E-state index in [0.717, 1.165) is 28.6 Å². The number of hydrogen-bond acceptors (Lipinski definition) is 4. The Bertz CT molecular complexity index is 610. The molecule has 0 fully saturated rings. The van der Waals surface area contributed by atoms with E-state index in [1.54, 1.807) is 37.1 Å². The quantitative estimate of drug-likeness (QED) is 0.752. The molecule has 0 heterocycles. The summed E-state index contributed by atoms with van der Waals surface area (Å²) in [5, 5.41) is 8.95. The number of benzene rings is 2. The van der Waals surface area contributed by atoms with E-state index in [4.69, 9.17) is 14.6 Å². The van der Waals surface area contributed by atoms with Crippen molar-refractivity contribution in [2.45, 2.75) is 5.75 Å². The van der Waals surface area contributed by atoms with Gasteiger partial charge in [-0.15, -0.1) is 0 Å². The topological polar surface area (TPSA) is 55.8 Å². The summed E-state index contributed by atoms with van der Waals surface area (Å²) in [5.74, 6) is 2.33. The summed E-state index contributed by atoms with van der Waals surface area (Å²) in [6, 6.07) is 14.5. The van der Waals surface area contributed by atoms with Crippen molar-refractivity contribution < 1.29 is 19.4 Å². The van der Waals surface area contributed by atoms with Crippen LogP contribution in [0.15, 0.2) is 48.5 Å². The van der Waals surface area contributed by atoms with Crippen LogP contribution in [0, 0.1) is 0 Å². The number of aromatic carboxylic acids is 1. The monoisotopic (exact) mass is 318 g/mol. The maximum Gasteiger partial charge on any atom is 0.335 e. The van der Waals surface area contributed by atoms with Crippen molar-refractivity contribution in [1.82, 2.24) is 0 Å². The molecule has 0 saturated heterocycles. The minimum Gasteiger partial charge on any atom is -0.497 e. The highest BCUT2D eigenvalue weighted by atomic mass is 32.2. The van der Waals surface area contributed by atoms with Gasteiger partial charge in [0.05, 0.1) is 19.3 Å². The average Bonchev–Trinajstić information content (AvgIpc) is 2.55. The molecular weight excluding hydrogens is 300 g/mol. The van der Waals surface area contributed by atoms with E-state index in [1.807, 2.05) is 30.3 Å². The summed E-state index contributed by atoms with van der Waals surface area (Å²) < 4.78 is 10.7. The highest BCUT2D eigenvalue weighted by molar-refractivity contribution is 7.98. The molecule has 0 amide bonds. The van der Waals surface area contributed by atoms with Crippen molar-refractivity contribution in [2.24, 2.45) is 0 Å². The Balaban J connectivity index is 1.70. The fourth-order valence-corrected chi connectivity index (χ4v) is 2.64. The second-order valence-corrected chi connectivity index (χ2v) is 5.69. The summed E-state index contributed by atoms with van der Waals surface area (Å²) in [5.41, 5.74) is 1.34. The van der Waals surface area contributed by atoms with Gasteiger partial charge in [0.15, 0.2) is 0 Å². The molecule has 5 heteroatoms. The maximum absolute atomic E-state index is 10.9. The smallest absolute Gasteiger partial charge is 0.335 e. The van der Waals surface area contributed by atoms with Gasteiger partial charge in [-0.2, -0.15) is 11.8 Å². The van der Waals surface area contributed by atoms with Gasteiger partial charge < -0.3 is 14.6 Å². The van der Waals surface area contributed by atoms with Gasteiger partial charge >= 0.3 is 5.97 Å². The molecule has 0 saturated carbocycles. The Morgan fingerprint density at radius 2 is 1.86 bits per heavy atom. The molecule has 1 N–H and O–H groups in total. The van der Waals surface area contributed by atoms with Crippen molar-refractivity contribution in [3.8, 4) is 11.5 Å². The lowest BCUT2D eigenvalue weighted by atomic mass is 10.1. The summed E-state index contributed by atoms with van der Waals surface area (Å²) in [6.45, 7) is 0.607. The van der Waals surface area contributed by atoms with E-state index in [2.05, 4.69) is 0 Å². The summed E-state index contributed by atoms with van der Waals surface area (Å²) >= 11 is 1.71. The van der Waals surface area contributed by atoms with E-state index >= 15 is 0 Å². The van der Waals surface area contributed by atoms with E-state index in [-0.39, 0.29) is 0 Å². The summed E-state index contributed by atoms with van der Waals surface area (Å²) in [7, 11) is 1.63. The zero-order valence-electron chi connectivity index (χ0n) is 12.3. The molecule has 0 aliphatic rings. The molecule has 0 radical (unpaired) electrons. The first-order valence-corrected chi connectivity index (χ1v) is 8.01. The second-order valence-electron chi connectivity index (χ2n) is 4.58. The predicted molar refractivity (Wildman–Crippen MR) is 88.1 cm³/mol. The van der Waals surface area contributed by atoms with E-state index in [1.165, 1.54) is 0 Å². The Morgan fingerprint density at radius 3 is 2.55 bits per heavy atom. The normalized spacial score (nSPS) is 10.2. The van der Waals surface area contributed by atoms with Gasteiger partial charge in [-0.3, -0.25) is 0 Å². The van der Waals surface area contributed by atoms with E-state index in [9.17, 15) is 4.79 Å². The van der Waals surface area contributed by atoms with Crippen molar-refractivity contribution >= 4 is 17.7 Å². The highest BCUT2D eigenvalue weighted by Gasteiger charge is 2.03. The highest BCUT2D eigenvalue weighted by Crippen LogP contribution is 2.18. The molecular formula is C17H18O4S. The zero-order chi connectivity index (χ0) is 15.8. The molecule has 0 atom stereocenters. The third kappa shape index (κ3) is 5.00. The molecule has 0 aliphatic carbocycles. The molecule has 116 valence electrons. The second kappa shape index (κ2) is 8.34. The van der Waals surface area contributed by atoms with Gasteiger partial charge in [0.2, 0.25) is 0 Å². The average molecular weight is 318 g/mol. The Kier molecular flexibility index (Phi) is 6.15. The number of carbonyl (C=O) groups is 1. The summed E-state index contributed by atoms with van der Waals surface area (Å²) in [6.07, 6.45) is 0. The molecule has 0 spiro atoms. The number of ether oxygens (including phenoxy) is 2. The molecule has 0 bridgehead atoms. The fraction of sp³-hybridized carbons (Fsp3) is 0.235. The van der Waals surface area contributed by atoms with Crippen LogP contribution in [0.4, 0.5) is 0 Å². The molecule has 0 aromatic heterocycles. The Labute approximate surface area is 134 Å². The van der Waals surface area contributed by atoms with Crippen LogP contribution in [0.3, 0.4) is 0 Å². The standard InChI is InChI=1S/C17H18O4S/c1-20-15-5-7-16(8-6-15)21-9-10-22-12-13-3-2-4-14(11-13)17(18)19/h2-8,11H,9-10,12H2,1H3,(H,18,19). The van der Waals surface area contributed by atoms with E-state index < -0.39 is 5.97 Å². The van der Waals surface area contributed by atoms with Gasteiger partial charge in [-0.05, 0) is 42.0 Å². The number of rotatable bonds is 8. The Morgan fingerprint density at radius 1 is 1.14 bits per heavy atom.